The zero-order chi connectivity index (χ0) is 53.4. The number of fused-ring (bicyclic) bond motifs is 1. The van der Waals surface area contributed by atoms with Crippen molar-refractivity contribution in [3.8, 4) is 11.5 Å². The number of aromatic hydroxyl groups is 2. The van der Waals surface area contributed by atoms with Gasteiger partial charge in [0.05, 0.1) is 47.8 Å². The summed E-state index contributed by atoms with van der Waals surface area (Å²) >= 11 is 0. The molecule has 0 aliphatic carbocycles. The van der Waals surface area contributed by atoms with Gasteiger partial charge in [-0.3, -0.25) is 9.59 Å². The number of allylic oxidation sites excluding steroid dienone is 2. The first-order valence-corrected chi connectivity index (χ1v) is 26.7. The van der Waals surface area contributed by atoms with Gasteiger partial charge < -0.3 is 63.5 Å². The number of hydrogen-bond donors (Lipinski definition) is 5. The number of aryl methyl sites for hydroxylation is 1. The van der Waals surface area contributed by atoms with Gasteiger partial charge in [-0.2, -0.15) is 0 Å². The Kier molecular flexibility index (Phi) is 20.4. The third-order valence-corrected chi connectivity index (χ3v) is 17.3. The molecule has 2 aromatic rings. The average molecular weight is 1030 g/mol. The van der Waals surface area contributed by atoms with Gasteiger partial charge in [0.25, 0.3) is 0 Å². The fourth-order valence-corrected chi connectivity index (χ4v) is 12.4. The van der Waals surface area contributed by atoms with Crippen LogP contribution in [0.15, 0.2) is 45.1 Å². The number of aliphatic hydroxyl groups excluding tert-OH is 2. The van der Waals surface area contributed by atoms with Gasteiger partial charge in [-0.1, -0.05) is 67.0 Å². The zero-order valence-corrected chi connectivity index (χ0v) is 48.1. The molecule has 2 spiro atoms. The fraction of sp³-hybridized carbons (Fsp3) is 0.737. The Morgan fingerprint density at radius 1 is 0.918 bits per heavy atom. The number of carbonyl (C=O) groups is 2. The van der Waals surface area contributed by atoms with E-state index in [0.717, 1.165) is 12.0 Å². The third kappa shape index (κ3) is 12.5. The van der Waals surface area contributed by atoms with Gasteiger partial charge in [-0.15, -0.1) is 0 Å². The monoisotopic (exact) mass is 1030 g/mol. The molecule has 5 N–H and O–H groups in total. The van der Waals surface area contributed by atoms with E-state index in [2.05, 4.69) is 20.8 Å². The molecule has 6 heterocycles. The van der Waals surface area contributed by atoms with Crippen molar-refractivity contribution in [1.29, 1.82) is 0 Å². The molecule has 404 valence electrons. The topological polar surface area (TPSA) is 235 Å². The molecule has 15 nitrogen and oxygen atoms in total. The van der Waals surface area contributed by atoms with Gasteiger partial charge >= 0.3 is 29.6 Å². The first-order chi connectivity index (χ1) is 33.7. The van der Waals surface area contributed by atoms with E-state index in [1.165, 1.54) is 12.1 Å². The summed E-state index contributed by atoms with van der Waals surface area (Å²) in [4.78, 5) is 38.1. The molecule has 1 aromatic carbocycles. The number of phenols is 2. The number of benzene rings is 1. The quantitative estimate of drug-likeness (QED) is 0.125. The van der Waals surface area contributed by atoms with E-state index in [1.54, 1.807) is 26.0 Å². The van der Waals surface area contributed by atoms with Crippen LogP contribution >= 0.6 is 0 Å². The number of carbonyl (C=O) groups excluding carboxylic acids is 2. The Labute approximate surface area is 454 Å². The van der Waals surface area contributed by atoms with Gasteiger partial charge in [-0.25, -0.2) is 0 Å². The number of aliphatic hydroxyl groups is 3. The van der Waals surface area contributed by atoms with Crippen molar-refractivity contribution in [2.24, 2.45) is 41.4 Å². The van der Waals surface area contributed by atoms with Crippen LogP contribution in [0.3, 0.4) is 0 Å². The second-order valence-corrected chi connectivity index (χ2v) is 22.7. The Balaban J connectivity index is 0.000000413. The molecule has 4 saturated heterocycles. The Morgan fingerprint density at radius 3 is 2.19 bits per heavy atom. The molecule has 1 aromatic heterocycles. The van der Waals surface area contributed by atoms with Crippen LogP contribution < -0.4 is 40.1 Å². The van der Waals surface area contributed by atoms with Crippen LogP contribution in [0, 0.1) is 48.3 Å². The molecule has 0 saturated carbocycles. The number of phenolic OH excluding ortho intramolecular Hbond substituents is 2. The summed E-state index contributed by atoms with van der Waals surface area (Å²) in [7, 11) is 0. The van der Waals surface area contributed by atoms with Crippen LogP contribution in [0.4, 0.5) is 0 Å². The summed E-state index contributed by atoms with van der Waals surface area (Å²) in [5, 5.41) is 66.2. The summed E-state index contributed by atoms with van der Waals surface area (Å²) in [6, 6.07) is 2.70. The van der Waals surface area contributed by atoms with Crippen LogP contribution in [-0.2, 0) is 39.7 Å². The van der Waals surface area contributed by atoms with E-state index in [1.807, 2.05) is 61.5 Å². The smallest absolute Gasteiger partial charge is 0.550 e. The second kappa shape index (κ2) is 24.3. The SMILES string of the molecule is CC(C)=CCc1c(O)cc2oc(C)cc(=O)c2c1O.CCC(C(=O)[O-])C1CCC(C)C(C(C)C(O)C(C)C(=O)C(CC)C2OC3(C=CC(O)C4(CCC(C)(C5CCC(O)(CC)C(C)O5)O4)O3)C(C)CC2C)O1.[Na+]. The minimum Gasteiger partial charge on any atom is -0.550 e. The van der Waals surface area contributed by atoms with Crippen molar-refractivity contribution in [2.75, 3.05) is 0 Å². The molecule has 5 aliphatic rings. The number of aliphatic carboxylic acids is 1. The molecule has 4 fully saturated rings. The maximum absolute atomic E-state index is 14.4. The van der Waals surface area contributed by atoms with Crippen molar-refractivity contribution >= 4 is 22.7 Å². The fourth-order valence-electron chi connectivity index (χ4n) is 12.4. The first kappa shape index (κ1) is 61.2. The molecule has 5 aliphatic heterocycles. The molecule has 18 atom stereocenters. The summed E-state index contributed by atoms with van der Waals surface area (Å²) in [5.74, 6) is -6.08. The predicted molar refractivity (Wildman–Crippen MR) is 270 cm³/mol. The summed E-state index contributed by atoms with van der Waals surface area (Å²) in [6.45, 7) is 25.0. The molecule has 0 amide bonds. The van der Waals surface area contributed by atoms with Crippen LogP contribution in [0.1, 0.15) is 159 Å². The van der Waals surface area contributed by atoms with Crippen LogP contribution in [0.25, 0.3) is 11.0 Å². The number of hydrogen-bond acceptors (Lipinski definition) is 15. The minimum absolute atomic E-state index is 0. The Hall–Kier alpha value is -2.67. The van der Waals surface area contributed by atoms with Crippen LogP contribution in [0.2, 0.25) is 0 Å². The molecular formula is C57H85NaO15. The van der Waals surface area contributed by atoms with Crippen molar-refractivity contribution in [3.63, 3.8) is 0 Å². The van der Waals surface area contributed by atoms with E-state index < -0.39 is 82.9 Å². The van der Waals surface area contributed by atoms with Gasteiger partial charge in [-0.05, 0) is 123 Å². The second-order valence-electron chi connectivity index (χ2n) is 22.7. The van der Waals surface area contributed by atoms with E-state index in [-0.39, 0.29) is 93.2 Å². The number of rotatable bonds is 14. The van der Waals surface area contributed by atoms with Crippen molar-refractivity contribution in [3.05, 3.63) is 57.5 Å². The van der Waals surface area contributed by atoms with Gasteiger partial charge in [0.1, 0.15) is 40.1 Å². The van der Waals surface area contributed by atoms with Crippen molar-refractivity contribution in [1.82, 2.24) is 0 Å². The first-order valence-electron chi connectivity index (χ1n) is 26.7. The number of carboxylic acid groups (broad SMARTS) is 1. The average Bonchev–Trinajstić information content (AvgIpc) is 3.66. The molecule has 73 heavy (non-hydrogen) atoms. The van der Waals surface area contributed by atoms with Crippen molar-refractivity contribution in [2.45, 2.75) is 226 Å². The number of ether oxygens (including phenoxy) is 5. The minimum atomic E-state index is -1.37. The van der Waals surface area contributed by atoms with E-state index in [0.29, 0.717) is 75.5 Å². The third-order valence-electron chi connectivity index (χ3n) is 17.3. The van der Waals surface area contributed by atoms with Gasteiger partial charge in [0.2, 0.25) is 5.79 Å². The molecule has 16 heteroatoms. The van der Waals surface area contributed by atoms with E-state index >= 15 is 0 Å². The molecule has 0 radical (unpaired) electrons. The number of ketones is 1. The largest absolute Gasteiger partial charge is 1.00 e. The summed E-state index contributed by atoms with van der Waals surface area (Å²) in [6.07, 6.45) is 7.46. The number of carboxylic acids is 1. The standard InChI is InChI=1S/C42H70O11.C15H16O4.Na/c1-11-29(38(46)47)31-15-14-23(4)36(50-31)27(8)34(44)26(7)35(45)30(12-2)37-24(5)22-25(6)41(51-37)19-16-32(43)42(53-41)21-20-39(10,52-42)33-17-18-40(48,13-3)28(9)49-33;1-8(2)4-5-10-11(16)7-13-14(15(10)18)12(17)6-9(3)19-13;/h16,19,23-34,36-37,43-44,48H,11-15,17-18,20-22H2,1-10H3,(H,46,47);4,6-7,16,18H,5H2,1-3H3;/q;;+1/p-1. The maximum atomic E-state index is 14.4. The maximum Gasteiger partial charge on any atom is 1.00 e. The zero-order valence-electron chi connectivity index (χ0n) is 46.1. The Morgan fingerprint density at radius 2 is 1.59 bits per heavy atom. The molecule has 18 unspecified atom stereocenters. The molecular weight excluding hydrogens is 948 g/mol. The molecule has 7 rings (SSSR count). The van der Waals surface area contributed by atoms with Gasteiger partial charge in [0, 0.05) is 59.7 Å². The van der Waals surface area contributed by atoms with Gasteiger partial charge in [0.15, 0.2) is 11.2 Å². The predicted octanol–water partition coefficient (Wildman–Crippen LogP) is 4.88. The normalized spacial score (nSPS) is 36.3. The number of Topliss-reactive ketones (excluding diaryl/α,β-unsaturated/α-hetero) is 1. The van der Waals surface area contributed by atoms with Crippen LogP contribution in [0.5, 0.6) is 11.5 Å². The van der Waals surface area contributed by atoms with Crippen LogP contribution in [-0.4, -0.2) is 103 Å². The van der Waals surface area contributed by atoms with E-state index in [9.17, 15) is 45.0 Å². The summed E-state index contributed by atoms with van der Waals surface area (Å²) in [5.41, 5.74) is -0.349. The van der Waals surface area contributed by atoms with Crippen molar-refractivity contribution < 1.29 is 97.9 Å². The Bertz CT molecular complexity index is 2360. The molecule has 0 bridgehead atoms. The van der Waals surface area contributed by atoms with E-state index in [4.69, 9.17) is 28.1 Å². The summed E-state index contributed by atoms with van der Waals surface area (Å²) < 4.78 is 38.8.